The van der Waals surface area contributed by atoms with Crippen LogP contribution in [0.5, 0.6) is 0 Å². The van der Waals surface area contributed by atoms with Crippen LogP contribution in [0.2, 0.25) is 0 Å². The van der Waals surface area contributed by atoms with Gasteiger partial charge in [-0.05, 0) is 42.5 Å². The van der Waals surface area contributed by atoms with E-state index in [1.807, 2.05) is 10.6 Å². The molecule has 1 aliphatic rings. The van der Waals surface area contributed by atoms with Crippen LogP contribution in [0.15, 0.2) is 42.5 Å². The van der Waals surface area contributed by atoms with Crippen molar-refractivity contribution in [2.75, 3.05) is 20.3 Å². The number of amides is 1. The highest BCUT2D eigenvalue weighted by Crippen LogP contribution is 2.26. The van der Waals surface area contributed by atoms with Gasteiger partial charge in [-0.1, -0.05) is 0 Å². The molecule has 2 aromatic carbocycles. The van der Waals surface area contributed by atoms with Crippen molar-refractivity contribution in [2.24, 2.45) is 0 Å². The maximum absolute atomic E-state index is 13.0. The first-order valence-corrected chi connectivity index (χ1v) is 8.77. The number of imidazole rings is 1. The molecule has 28 heavy (non-hydrogen) atoms. The number of carbonyl (C=O) groups is 2. The van der Waals surface area contributed by atoms with E-state index in [4.69, 9.17) is 9.47 Å². The Morgan fingerprint density at radius 3 is 2.75 bits per heavy atom. The highest BCUT2D eigenvalue weighted by atomic mass is 19.1. The lowest BCUT2D eigenvalue weighted by Crippen LogP contribution is -2.35. The molecule has 0 radical (unpaired) electrons. The molecule has 1 atom stereocenters. The van der Waals surface area contributed by atoms with Crippen LogP contribution in [0.1, 0.15) is 32.6 Å². The molecule has 1 N–H and O–H groups in total. The van der Waals surface area contributed by atoms with E-state index in [2.05, 4.69) is 10.3 Å². The zero-order chi connectivity index (χ0) is 19.7. The predicted molar refractivity (Wildman–Crippen MR) is 98.5 cm³/mol. The summed E-state index contributed by atoms with van der Waals surface area (Å²) in [6, 6.07) is 10.4. The predicted octanol–water partition coefficient (Wildman–Crippen LogP) is 2.46. The number of carbonyl (C=O) groups excluding carboxylic acids is 2. The van der Waals surface area contributed by atoms with Crippen molar-refractivity contribution >= 4 is 22.9 Å². The summed E-state index contributed by atoms with van der Waals surface area (Å²) in [6.45, 7) is 1.10. The number of rotatable bonds is 4. The van der Waals surface area contributed by atoms with Gasteiger partial charge in [0.25, 0.3) is 5.91 Å². The Kier molecular flexibility index (Phi) is 4.79. The van der Waals surface area contributed by atoms with Crippen LogP contribution in [0.4, 0.5) is 4.39 Å². The Morgan fingerprint density at radius 2 is 2.00 bits per heavy atom. The highest BCUT2D eigenvalue weighted by Gasteiger charge is 2.25. The number of halogens is 1. The standard InChI is InChI=1S/C20H18FN3O4/c1-27-20(26)13-4-7-17-16(8-13)23-18-11-28-10-15(24(17)18)9-22-19(25)12-2-5-14(21)6-3-12/h2-8,15H,9-11H2,1H3,(H,22,25). The van der Waals surface area contributed by atoms with Crippen LogP contribution < -0.4 is 5.32 Å². The molecule has 0 aliphatic carbocycles. The molecule has 0 bridgehead atoms. The van der Waals surface area contributed by atoms with Gasteiger partial charge < -0.3 is 19.4 Å². The minimum Gasteiger partial charge on any atom is -0.465 e. The summed E-state index contributed by atoms with van der Waals surface area (Å²) < 4.78 is 25.4. The van der Waals surface area contributed by atoms with Gasteiger partial charge >= 0.3 is 5.97 Å². The number of hydrogen-bond donors (Lipinski definition) is 1. The fraction of sp³-hybridized carbons (Fsp3) is 0.250. The van der Waals surface area contributed by atoms with Crippen LogP contribution in [-0.4, -0.2) is 41.7 Å². The van der Waals surface area contributed by atoms with Gasteiger partial charge in [0.05, 0.1) is 36.4 Å². The Bertz CT molecular complexity index is 1050. The summed E-state index contributed by atoms with van der Waals surface area (Å²) in [5, 5.41) is 2.86. The van der Waals surface area contributed by atoms with E-state index >= 15 is 0 Å². The monoisotopic (exact) mass is 383 g/mol. The number of methoxy groups -OCH3 is 1. The number of fused-ring (bicyclic) bond motifs is 3. The van der Waals surface area contributed by atoms with Crippen molar-refractivity contribution < 1.29 is 23.5 Å². The van der Waals surface area contributed by atoms with Gasteiger partial charge in [-0.25, -0.2) is 14.2 Å². The number of esters is 1. The largest absolute Gasteiger partial charge is 0.465 e. The smallest absolute Gasteiger partial charge is 0.337 e. The van der Waals surface area contributed by atoms with Gasteiger partial charge in [-0.15, -0.1) is 0 Å². The normalized spacial score (nSPS) is 15.9. The lowest BCUT2D eigenvalue weighted by molar-refractivity contribution is 0.0553. The molecule has 144 valence electrons. The summed E-state index contributed by atoms with van der Waals surface area (Å²) in [6.07, 6.45) is 0. The quantitative estimate of drug-likeness (QED) is 0.700. The van der Waals surface area contributed by atoms with Crippen LogP contribution in [0.3, 0.4) is 0 Å². The first-order valence-electron chi connectivity index (χ1n) is 8.77. The third-order valence-corrected chi connectivity index (χ3v) is 4.69. The topological polar surface area (TPSA) is 82.5 Å². The maximum Gasteiger partial charge on any atom is 0.337 e. The lowest BCUT2D eigenvalue weighted by Gasteiger charge is -2.26. The summed E-state index contributed by atoms with van der Waals surface area (Å²) in [5.41, 5.74) is 2.33. The summed E-state index contributed by atoms with van der Waals surface area (Å²) in [7, 11) is 1.33. The number of hydrogen-bond acceptors (Lipinski definition) is 5. The van der Waals surface area contributed by atoms with Crippen LogP contribution in [0.25, 0.3) is 11.0 Å². The van der Waals surface area contributed by atoms with Crippen LogP contribution in [-0.2, 0) is 16.1 Å². The molecular weight excluding hydrogens is 365 g/mol. The molecule has 7 nitrogen and oxygen atoms in total. The molecule has 2 heterocycles. The number of benzene rings is 2. The zero-order valence-electron chi connectivity index (χ0n) is 15.1. The highest BCUT2D eigenvalue weighted by molar-refractivity contribution is 5.94. The molecule has 4 rings (SSSR count). The zero-order valence-corrected chi connectivity index (χ0v) is 15.1. The maximum atomic E-state index is 13.0. The summed E-state index contributed by atoms with van der Waals surface area (Å²) >= 11 is 0. The second-order valence-electron chi connectivity index (χ2n) is 6.48. The lowest BCUT2D eigenvalue weighted by atomic mass is 10.1. The fourth-order valence-corrected chi connectivity index (χ4v) is 3.33. The van der Waals surface area contributed by atoms with E-state index in [-0.39, 0.29) is 11.9 Å². The molecule has 1 aliphatic heterocycles. The second-order valence-corrected chi connectivity index (χ2v) is 6.48. The van der Waals surface area contributed by atoms with Gasteiger partial charge in [-0.2, -0.15) is 0 Å². The number of ether oxygens (including phenoxy) is 2. The Hall–Kier alpha value is -3.26. The van der Waals surface area contributed by atoms with Crippen molar-refractivity contribution in [1.29, 1.82) is 0 Å². The second kappa shape index (κ2) is 7.40. The van der Waals surface area contributed by atoms with E-state index in [0.29, 0.717) is 36.4 Å². The molecule has 1 unspecified atom stereocenters. The van der Waals surface area contributed by atoms with E-state index in [9.17, 15) is 14.0 Å². The van der Waals surface area contributed by atoms with E-state index < -0.39 is 11.8 Å². The van der Waals surface area contributed by atoms with Crippen molar-refractivity contribution in [2.45, 2.75) is 12.6 Å². The number of aromatic nitrogens is 2. The fourth-order valence-electron chi connectivity index (χ4n) is 3.33. The van der Waals surface area contributed by atoms with Gasteiger partial charge in [0.1, 0.15) is 18.2 Å². The summed E-state index contributed by atoms with van der Waals surface area (Å²) in [5.74, 6) is -0.376. The van der Waals surface area contributed by atoms with E-state index in [1.54, 1.807) is 12.1 Å². The van der Waals surface area contributed by atoms with Gasteiger partial charge in [0.2, 0.25) is 0 Å². The van der Waals surface area contributed by atoms with Crippen LogP contribution in [0, 0.1) is 5.82 Å². The van der Waals surface area contributed by atoms with Crippen molar-refractivity contribution in [3.05, 3.63) is 65.2 Å². The molecule has 1 aromatic heterocycles. The SMILES string of the molecule is COC(=O)c1ccc2c(c1)nc1n2C(CNC(=O)c2ccc(F)cc2)COC1. The molecule has 1 amide bonds. The Balaban J connectivity index is 1.57. The van der Waals surface area contributed by atoms with Crippen LogP contribution >= 0.6 is 0 Å². The van der Waals surface area contributed by atoms with Gasteiger partial charge in [-0.3, -0.25) is 4.79 Å². The minimum absolute atomic E-state index is 0.151. The molecule has 3 aromatic rings. The molecule has 0 saturated carbocycles. The third-order valence-electron chi connectivity index (χ3n) is 4.69. The summed E-state index contributed by atoms with van der Waals surface area (Å²) in [4.78, 5) is 28.6. The minimum atomic E-state index is -0.424. The molecule has 0 fully saturated rings. The molecule has 8 heteroatoms. The first kappa shape index (κ1) is 18.1. The third kappa shape index (κ3) is 3.34. The Labute approximate surface area is 160 Å². The van der Waals surface area contributed by atoms with Crippen molar-refractivity contribution in [3.63, 3.8) is 0 Å². The average Bonchev–Trinajstić information content (AvgIpc) is 3.10. The Morgan fingerprint density at radius 1 is 1.25 bits per heavy atom. The van der Waals surface area contributed by atoms with Crippen molar-refractivity contribution in [1.82, 2.24) is 14.9 Å². The van der Waals surface area contributed by atoms with E-state index in [1.165, 1.54) is 31.4 Å². The molecule has 0 spiro atoms. The molecular formula is C20H18FN3O4. The number of nitrogens with zero attached hydrogens (tertiary/aromatic N) is 2. The van der Waals surface area contributed by atoms with Gasteiger partial charge in [0.15, 0.2) is 0 Å². The van der Waals surface area contributed by atoms with E-state index in [0.717, 1.165) is 11.3 Å². The molecule has 0 saturated heterocycles. The average molecular weight is 383 g/mol. The first-order chi connectivity index (χ1) is 13.6. The van der Waals surface area contributed by atoms with Crippen molar-refractivity contribution in [3.8, 4) is 0 Å². The van der Waals surface area contributed by atoms with Gasteiger partial charge in [0, 0.05) is 12.1 Å². The number of nitrogens with one attached hydrogen (secondary N) is 1.